The van der Waals surface area contributed by atoms with Gasteiger partial charge in [0.2, 0.25) is 10.0 Å². The molecule has 1 aromatic rings. The highest BCUT2D eigenvalue weighted by Gasteiger charge is 2.30. The fourth-order valence-electron chi connectivity index (χ4n) is 2.49. The molecule has 24 heavy (non-hydrogen) atoms. The van der Waals surface area contributed by atoms with Crippen LogP contribution in [0.2, 0.25) is 0 Å². The van der Waals surface area contributed by atoms with Gasteiger partial charge in [-0.15, -0.1) is 0 Å². The number of nitrogens with zero attached hydrogens (tertiary/aromatic N) is 2. The van der Waals surface area contributed by atoms with Gasteiger partial charge in [-0.3, -0.25) is 0 Å². The highest BCUT2D eigenvalue weighted by molar-refractivity contribution is 7.89. The van der Waals surface area contributed by atoms with E-state index in [0.717, 1.165) is 57.0 Å². The molecule has 1 N–H and O–H groups in total. The lowest BCUT2D eigenvalue weighted by molar-refractivity contribution is -0.137. The molecule has 1 aliphatic rings. The first kappa shape index (κ1) is 19.2. The van der Waals surface area contributed by atoms with Gasteiger partial charge in [0.25, 0.3) is 0 Å². The van der Waals surface area contributed by atoms with Gasteiger partial charge in [0.05, 0.1) is 10.5 Å². The zero-order valence-corrected chi connectivity index (χ0v) is 14.3. The van der Waals surface area contributed by atoms with E-state index in [1.165, 1.54) is 0 Å². The Balaban J connectivity index is 1.81. The molecule has 0 amide bonds. The van der Waals surface area contributed by atoms with Crippen LogP contribution in [-0.2, 0) is 16.2 Å². The molecule has 9 heteroatoms. The molecule has 1 saturated heterocycles. The SMILES string of the molecule is CN1CCN(CCCNS(=O)(=O)c2ccc(C(F)(F)F)cc2)CC1. The maximum absolute atomic E-state index is 12.5. The first-order chi connectivity index (χ1) is 11.2. The van der Waals surface area contributed by atoms with E-state index >= 15 is 0 Å². The van der Waals surface area contributed by atoms with Crippen LogP contribution in [0.4, 0.5) is 13.2 Å². The van der Waals surface area contributed by atoms with Crippen molar-refractivity contribution in [1.29, 1.82) is 0 Å². The Morgan fingerprint density at radius 1 is 1.08 bits per heavy atom. The van der Waals surface area contributed by atoms with Gasteiger partial charge in [0.1, 0.15) is 0 Å². The quantitative estimate of drug-likeness (QED) is 0.779. The minimum absolute atomic E-state index is 0.157. The second-order valence-corrected chi connectivity index (χ2v) is 7.69. The maximum Gasteiger partial charge on any atom is 0.416 e. The van der Waals surface area contributed by atoms with E-state index in [1.54, 1.807) is 0 Å². The lowest BCUT2D eigenvalue weighted by Crippen LogP contribution is -2.45. The van der Waals surface area contributed by atoms with Crippen LogP contribution < -0.4 is 4.72 Å². The maximum atomic E-state index is 12.5. The van der Waals surface area contributed by atoms with E-state index in [0.29, 0.717) is 6.42 Å². The average Bonchev–Trinajstić information content (AvgIpc) is 2.52. The van der Waals surface area contributed by atoms with Crippen LogP contribution in [0.25, 0.3) is 0 Å². The second-order valence-electron chi connectivity index (χ2n) is 5.92. The summed E-state index contributed by atoms with van der Waals surface area (Å²) in [5.74, 6) is 0. The van der Waals surface area contributed by atoms with Crippen LogP contribution in [0.5, 0.6) is 0 Å². The first-order valence-electron chi connectivity index (χ1n) is 7.76. The molecule has 1 aliphatic heterocycles. The summed E-state index contributed by atoms with van der Waals surface area (Å²) in [6.07, 6.45) is -3.82. The standard InChI is InChI=1S/C15H22F3N3O2S/c1-20-9-11-21(12-10-20)8-2-7-19-24(22,23)14-5-3-13(4-6-14)15(16,17)18/h3-6,19H,2,7-12H2,1H3. The van der Waals surface area contributed by atoms with Gasteiger partial charge in [-0.1, -0.05) is 0 Å². The second kappa shape index (κ2) is 7.81. The summed E-state index contributed by atoms with van der Waals surface area (Å²) in [4.78, 5) is 4.35. The third-order valence-electron chi connectivity index (χ3n) is 4.03. The molecule has 1 fully saturated rings. The van der Waals surface area contributed by atoms with Crippen molar-refractivity contribution in [3.05, 3.63) is 29.8 Å². The van der Waals surface area contributed by atoms with E-state index in [1.807, 2.05) is 0 Å². The molecule has 0 saturated carbocycles. The van der Waals surface area contributed by atoms with Crippen molar-refractivity contribution in [2.24, 2.45) is 0 Å². The number of piperazine rings is 1. The van der Waals surface area contributed by atoms with Gasteiger partial charge in [0.15, 0.2) is 0 Å². The lowest BCUT2D eigenvalue weighted by atomic mass is 10.2. The normalized spacial score (nSPS) is 18.0. The summed E-state index contributed by atoms with van der Waals surface area (Å²) in [7, 11) is -1.71. The highest BCUT2D eigenvalue weighted by atomic mass is 32.2. The van der Waals surface area contributed by atoms with E-state index in [2.05, 4.69) is 21.6 Å². The fourth-order valence-corrected chi connectivity index (χ4v) is 3.56. The van der Waals surface area contributed by atoms with Crippen LogP contribution in [0.15, 0.2) is 29.2 Å². The molecule has 0 unspecified atom stereocenters. The zero-order valence-electron chi connectivity index (χ0n) is 13.5. The van der Waals surface area contributed by atoms with Crippen LogP contribution in [0, 0.1) is 0 Å². The number of rotatable bonds is 6. The van der Waals surface area contributed by atoms with Crippen molar-refractivity contribution in [3.63, 3.8) is 0 Å². The number of hydrogen-bond acceptors (Lipinski definition) is 4. The topological polar surface area (TPSA) is 52.6 Å². The van der Waals surface area contributed by atoms with Crippen molar-refractivity contribution in [3.8, 4) is 0 Å². The lowest BCUT2D eigenvalue weighted by Gasteiger charge is -2.32. The number of alkyl halides is 3. The summed E-state index contributed by atoms with van der Waals surface area (Å²) >= 11 is 0. The number of hydrogen-bond donors (Lipinski definition) is 1. The molecule has 0 aromatic heterocycles. The van der Waals surface area contributed by atoms with Crippen LogP contribution in [0.3, 0.4) is 0 Å². The molecule has 0 radical (unpaired) electrons. The molecule has 0 aliphatic carbocycles. The van der Waals surface area contributed by atoms with E-state index in [-0.39, 0.29) is 11.4 Å². The van der Waals surface area contributed by atoms with Crippen molar-refractivity contribution in [2.75, 3.05) is 46.3 Å². The number of halogens is 3. The molecule has 1 heterocycles. The minimum Gasteiger partial charge on any atom is -0.304 e. The number of sulfonamides is 1. The molecule has 0 spiro atoms. The molecule has 0 atom stereocenters. The summed E-state index contributed by atoms with van der Waals surface area (Å²) in [5.41, 5.74) is -0.864. The number of likely N-dealkylation sites (N-methyl/N-ethyl adjacent to an activating group) is 1. The third-order valence-corrected chi connectivity index (χ3v) is 5.51. The Morgan fingerprint density at radius 3 is 2.21 bits per heavy atom. The van der Waals surface area contributed by atoms with Gasteiger partial charge < -0.3 is 9.80 Å². The van der Waals surface area contributed by atoms with Crippen LogP contribution in [-0.4, -0.2) is 64.5 Å². The predicted molar refractivity (Wildman–Crippen MR) is 85.2 cm³/mol. The Morgan fingerprint density at radius 2 is 1.67 bits per heavy atom. The van der Waals surface area contributed by atoms with Crippen molar-refractivity contribution in [2.45, 2.75) is 17.5 Å². The average molecular weight is 365 g/mol. The smallest absolute Gasteiger partial charge is 0.304 e. The summed E-state index contributed by atoms with van der Waals surface area (Å²) in [5, 5.41) is 0. The summed E-state index contributed by atoms with van der Waals surface area (Å²) < 4.78 is 64.1. The van der Waals surface area contributed by atoms with Gasteiger partial charge in [-0.2, -0.15) is 13.2 Å². The van der Waals surface area contributed by atoms with Crippen LogP contribution >= 0.6 is 0 Å². The molecule has 5 nitrogen and oxygen atoms in total. The van der Waals surface area contributed by atoms with Gasteiger partial charge in [-0.25, -0.2) is 13.1 Å². The van der Waals surface area contributed by atoms with E-state index in [9.17, 15) is 21.6 Å². The molecule has 2 rings (SSSR count). The predicted octanol–water partition coefficient (Wildman–Crippen LogP) is 1.62. The summed E-state index contributed by atoms with van der Waals surface area (Å²) in [6, 6.07) is 3.51. The van der Waals surface area contributed by atoms with Crippen molar-refractivity contribution < 1.29 is 21.6 Å². The Bertz CT molecular complexity index is 624. The molecular weight excluding hydrogens is 343 g/mol. The summed E-state index contributed by atoms with van der Waals surface area (Å²) in [6.45, 7) is 4.97. The molecular formula is C15H22F3N3O2S. The highest BCUT2D eigenvalue weighted by Crippen LogP contribution is 2.29. The van der Waals surface area contributed by atoms with Gasteiger partial charge in [0, 0.05) is 32.7 Å². The Hall–Kier alpha value is -1.16. The molecule has 1 aromatic carbocycles. The number of benzene rings is 1. The van der Waals surface area contributed by atoms with Crippen molar-refractivity contribution >= 4 is 10.0 Å². The van der Waals surface area contributed by atoms with E-state index < -0.39 is 21.8 Å². The van der Waals surface area contributed by atoms with E-state index in [4.69, 9.17) is 0 Å². The fraction of sp³-hybridized carbons (Fsp3) is 0.600. The van der Waals surface area contributed by atoms with Crippen LogP contribution in [0.1, 0.15) is 12.0 Å². The number of nitrogens with one attached hydrogen (secondary N) is 1. The first-order valence-corrected chi connectivity index (χ1v) is 9.24. The third kappa shape index (κ3) is 5.44. The monoisotopic (exact) mass is 365 g/mol. The largest absolute Gasteiger partial charge is 0.416 e. The van der Waals surface area contributed by atoms with Gasteiger partial charge in [-0.05, 0) is 44.3 Å². The van der Waals surface area contributed by atoms with Gasteiger partial charge >= 0.3 is 6.18 Å². The Kier molecular flexibility index (Phi) is 6.24. The van der Waals surface area contributed by atoms with Crippen molar-refractivity contribution in [1.82, 2.24) is 14.5 Å². The zero-order chi connectivity index (χ0) is 17.8. The molecule has 136 valence electrons. The minimum atomic E-state index is -4.47. The molecule has 0 bridgehead atoms. The Labute approximate surface area is 140 Å².